The fourth-order valence-electron chi connectivity index (χ4n) is 0.811. The van der Waals surface area contributed by atoms with Crippen LogP contribution < -0.4 is 10.4 Å². The number of aliphatic hydroxyl groups is 1. The number of carboxylic acids is 1. The van der Waals surface area contributed by atoms with Crippen molar-refractivity contribution in [3.8, 4) is 0 Å². The van der Waals surface area contributed by atoms with E-state index < -0.39 is 29.8 Å². The Morgan fingerprint density at radius 1 is 1.40 bits per heavy atom. The molecule has 0 saturated carbocycles. The summed E-state index contributed by atoms with van der Waals surface area (Å²) in [5.41, 5.74) is -0.723. The second-order valence-electron chi connectivity index (χ2n) is 4.18. The molecule has 0 saturated heterocycles. The number of alkyl carbamates (subject to hydrolysis) is 1. The van der Waals surface area contributed by atoms with Crippen molar-refractivity contribution in [3.05, 3.63) is 0 Å². The monoisotopic (exact) mass is 218 g/mol. The van der Waals surface area contributed by atoms with Crippen LogP contribution in [0.15, 0.2) is 0 Å². The number of hydrogen-bond acceptors (Lipinski definition) is 5. The van der Waals surface area contributed by atoms with Crippen molar-refractivity contribution in [2.75, 3.05) is 0 Å². The van der Waals surface area contributed by atoms with E-state index in [-0.39, 0.29) is 0 Å². The third kappa shape index (κ3) is 5.90. The molecule has 2 atom stereocenters. The smallest absolute Gasteiger partial charge is 0.408 e. The molecule has 15 heavy (non-hydrogen) atoms. The van der Waals surface area contributed by atoms with Crippen LogP contribution in [0.5, 0.6) is 0 Å². The highest BCUT2D eigenvalue weighted by atomic mass is 16.6. The lowest BCUT2D eigenvalue weighted by Crippen LogP contribution is -2.54. The van der Waals surface area contributed by atoms with Gasteiger partial charge in [0.2, 0.25) is 0 Å². The Bertz CT molecular complexity index is 243. The molecule has 6 nitrogen and oxygen atoms in total. The zero-order valence-corrected chi connectivity index (χ0v) is 9.23. The van der Waals surface area contributed by atoms with Crippen molar-refractivity contribution in [2.24, 2.45) is 0 Å². The van der Waals surface area contributed by atoms with Gasteiger partial charge in [0.05, 0.1) is 18.1 Å². The fourth-order valence-corrected chi connectivity index (χ4v) is 0.811. The van der Waals surface area contributed by atoms with Crippen molar-refractivity contribution < 1.29 is 24.5 Å². The van der Waals surface area contributed by atoms with E-state index in [1.807, 2.05) is 5.32 Å². The number of carbonyl (C=O) groups excluding carboxylic acids is 2. The second-order valence-corrected chi connectivity index (χ2v) is 4.18. The van der Waals surface area contributed by atoms with Gasteiger partial charge < -0.3 is 25.1 Å². The average molecular weight is 218 g/mol. The number of hydrogen-bond donors (Lipinski definition) is 2. The van der Waals surface area contributed by atoms with Crippen molar-refractivity contribution in [1.82, 2.24) is 5.32 Å². The number of carbonyl (C=O) groups is 2. The molecule has 1 amide bonds. The number of carboxylic acid groups (broad SMARTS) is 1. The maximum Gasteiger partial charge on any atom is 0.408 e. The Morgan fingerprint density at radius 2 is 1.87 bits per heavy atom. The molecule has 0 aliphatic heterocycles. The Kier molecular flexibility index (Phi) is 4.54. The van der Waals surface area contributed by atoms with Crippen molar-refractivity contribution >= 4 is 12.1 Å². The summed E-state index contributed by atoms with van der Waals surface area (Å²) in [6, 6.07) is -1.47. The van der Waals surface area contributed by atoms with E-state index in [0.717, 1.165) is 0 Å². The lowest BCUT2D eigenvalue weighted by molar-refractivity contribution is -0.310. The molecule has 0 aromatic heterocycles. The molecule has 6 heteroatoms. The molecular weight excluding hydrogens is 202 g/mol. The maximum absolute atomic E-state index is 11.1. The largest absolute Gasteiger partial charge is 0.548 e. The summed E-state index contributed by atoms with van der Waals surface area (Å²) in [5, 5.41) is 21.5. The van der Waals surface area contributed by atoms with Crippen LogP contribution in [0.25, 0.3) is 0 Å². The molecule has 0 aromatic carbocycles. The van der Waals surface area contributed by atoms with Crippen molar-refractivity contribution in [2.45, 2.75) is 45.4 Å². The summed E-state index contributed by atoms with van der Waals surface area (Å²) < 4.78 is 4.82. The van der Waals surface area contributed by atoms with Crippen molar-refractivity contribution in [1.29, 1.82) is 0 Å². The van der Waals surface area contributed by atoms with E-state index in [4.69, 9.17) is 9.84 Å². The first kappa shape index (κ1) is 13.7. The average Bonchev–Trinajstić information content (AvgIpc) is 1.95. The van der Waals surface area contributed by atoms with Gasteiger partial charge in [-0.1, -0.05) is 0 Å². The number of amides is 1. The minimum atomic E-state index is -1.56. The molecule has 0 unspecified atom stereocenters. The van der Waals surface area contributed by atoms with E-state index >= 15 is 0 Å². The quantitative estimate of drug-likeness (QED) is 0.633. The first-order valence-electron chi connectivity index (χ1n) is 4.52. The van der Waals surface area contributed by atoms with Gasteiger partial charge >= 0.3 is 6.09 Å². The fraction of sp³-hybridized carbons (Fsp3) is 0.778. The summed E-state index contributed by atoms with van der Waals surface area (Å²) in [5.74, 6) is -1.56. The number of ether oxygens (including phenoxy) is 1. The molecule has 0 radical (unpaired) electrons. The summed E-state index contributed by atoms with van der Waals surface area (Å²) in [6.45, 7) is 6.16. The predicted octanol–water partition coefficient (Wildman–Crippen LogP) is -0.990. The molecule has 0 aliphatic carbocycles. The van der Waals surface area contributed by atoms with Gasteiger partial charge in [-0.15, -0.1) is 0 Å². The van der Waals surface area contributed by atoms with Gasteiger partial charge in [0.15, 0.2) is 0 Å². The van der Waals surface area contributed by atoms with Gasteiger partial charge in [0, 0.05) is 0 Å². The molecule has 0 aromatic rings. The minimum absolute atomic E-state index is 0.723. The third-order valence-electron chi connectivity index (χ3n) is 1.41. The van der Waals surface area contributed by atoms with Gasteiger partial charge in [0.1, 0.15) is 5.60 Å². The van der Waals surface area contributed by atoms with E-state index in [1.54, 1.807) is 20.8 Å². The van der Waals surface area contributed by atoms with E-state index in [0.29, 0.717) is 0 Å². The van der Waals surface area contributed by atoms with Crippen LogP contribution in [0.1, 0.15) is 27.7 Å². The Balaban J connectivity index is 4.31. The SMILES string of the molecule is C[C@H](O)[C@H](NC(=O)OC(C)(C)C)C(=O)[O-]. The summed E-state index contributed by atoms with van der Waals surface area (Å²) in [6.07, 6.45) is -2.15. The summed E-state index contributed by atoms with van der Waals surface area (Å²) in [7, 11) is 0. The molecule has 0 aliphatic rings. The highest BCUT2D eigenvalue weighted by Crippen LogP contribution is 2.07. The zero-order chi connectivity index (χ0) is 12.2. The van der Waals surface area contributed by atoms with Crippen LogP contribution in [0, 0.1) is 0 Å². The molecule has 0 rings (SSSR count). The maximum atomic E-state index is 11.1. The highest BCUT2D eigenvalue weighted by Gasteiger charge is 2.22. The normalized spacial score (nSPS) is 15.3. The lowest BCUT2D eigenvalue weighted by Gasteiger charge is -2.25. The first-order valence-corrected chi connectivity index (χ1v) is 4.52. The van der Waals surface area contributed by atoms with Gasteiger partial charge in [-0.3, -0.25) is 0 Å². The Hall–Kier alpha value is -1.30. The van der Waals surface area contributed by atoms with Crippen LogP contribution in [-0.2, 0) is 9.53 Å². The number of aliphatic hydroxyl groups excluding tert-OH is 1. The van der Waals surface area contributed by atoms with Gasteiger partial charge in [-0.05, 0) is 27.7 Å². The molecular formula is C9H16NO5-. The van der Waals surface area contributed by atoms with Crippen molar-refractivity contribution in [3.63, 3.8) is 0 Å². The van der Waals surface area contributed by atoms with Crippen LogP contribution in [0.2, 0.25) is 0 Å². The number of aliphatic carboxylic acids is 1. The van der Waals surface area contributed by atoms with Gasteiger partial charge in [-0.2, -0.15) is 0 Å². The highest BCUT2D eigenvalue weighted by molar-refractivity contribution is 5.79. The number of nitrogens with one attached hydrogen (secondary N) is 1. The lowest BCUT2D eigenvalue weighted by atomic mass is 10.2. The molecule has 0 fully saturated rings. The standard InChI is InChI=1S/C9H17NO5/c1-5(11)6(7(12)13)10-8(14)15-9(2,3)4/h5-6,11H,1-4H3,(H,10,14)(H,12,13)/p-1/t5-,6-/m0/s1. The van der Waals surface area contributed by atoms with Crippen LogP contribution in [0.3, 0.4) is 0 Å². The predicted molar refractivity (Wildman–Crippen MR) is 49.8 cm³/mol. The molecule has 0 heterocycles. The number of rotatable bonds is 3. The molecule has 2 N–H and O–H groups in total. The van der Waals surface area contributed by atoms with E-state index in [2.05, 4.69) is 0 Å². The molecule has 0 bridgehead atoms. The van der Waals surface area contributed by atoms with Gasteiger partial charge in [0.25, 0.3) is 0 Å². The Morgan fingerprint density at radius 3 is 2.13 bits per heavy atom. The van der Waals surface area contributed by atoms with E-state index in [9.17, 15) is 14.7 Å². The first-order chi connectivity index (χ1) is 6.63. The summed E-state index contributed by atoms with van der Waals surface area (Å²) >= 11 is 0. The van der Waals surface area contributed by atoms with Crippen LogP contribution >= 0.6 is 0 Å². The van der Waals surface area contributed by atoms with Gasteiger partial charge in [-0.25, -0.2) is 4.79 Å². The second kappa shape index (κ2) is 4.97. The third-order valence-corrected chi connectivity index (χ3v) is 1.41. The Labute approximate surface area is 88.2 Å². The minimum Gasteiger partial charge on any atom is -0.548 e. The molecule has 0 spiro atoms. The van der Waals surface area contributed by atoms with E-state index in [1.165, 1.54) is 6.92 Å². The van der Waals surface area contributed by atoms with Crippen LogP contribution in [0.4, 0.5) is 4.79 Å². The summed E-state index contributed by atoms with van der Waals surface area (Å²) in [4.78, 5) is 21.6. The topological polar surface area (TPSA) is 98.7 Å². The van der Waals surface area contributed by atoms with Crippen LogP contribution in [-0.4, -0.2) is 34.9 Å². The zero-order valence-electron chi connectivity index (χ0n) is 9.23. The molecule has 88 valence electrons.